The highest BCUT2D eigenvalue weighted by Crippen LogP contribution is 2.10. The monoisotopic (exact) mass is 232 g/mol. The molecule has 0 bridgehead atoms. The van der Waals surface area contributed by atoms with E-state index >= 15 is 0 Å². The molecule has 0 amide bonds. The van der Waals surface area contributed by atoms with Gasteiger partial charge in [-0.15, -0.1) is 0 Å². The maximum Gasteiger partial charge on any atom is 0.0192 e. The van der Waals surface area contributed by atoms with Gasteiger partial charge in [0.1, 0.15) is 0 Å². The van der Waals surface area contributed by atoms with Crippen LogP contribution in [-0.2, 0) is 6.42 Å². The van der Waals surface area contributed by atoms with Gasteiger partial charge in [-0.25, -0.2) is 0 Å². The van der Waals surface area contributed by atoms with Crippen LogP contribution >= 0.6 is 0 Å². The molecule has 1 aromatic rings. The first kappa shape index (κ1) is 12.6. The summed E-state index contributed by atoms with van der Waals surface area (Å²) < 4.78 is 0. The highest BCUT2D eigenvalue weighted by Gasteiger charge is 2.16. The van der Waals surface area contributed by atoms with Crippen LogP contribution in [0.15, 0.2) is 30.3 Å². The predicted octanol–water partition coefficient (Wildman–Crippen LogP) is 2.30. The van der Waals surface area contributed by atoms with E-state index in [-0.39, 0.29) is 0 Å². The largest absolute Gasteiger partial charge is 0.315 e. The quantitative estimate of drug-likeness (QED) is 0.757. The summed E-state index contributed by atoms with van der Waals surface area (Å²) in [6.07, 6.45) is 3.90. The molecule has 0 radical (unpaired) electrons. The Morgan fingerprint density at radius 2 is 1.88 bits per heavy atom. The Kier molecular flexibility index (Phi) is 5.02. The fourth-order valence-corrected chi connectivity index (χ4v) is 2.50. The van der Waals surface area contributed by atoms with E-state index in [9.17, 15) is 0 Å². The molecule has 2 heteroatoms. The second-order valence-corrected chi connectivity index (χ2v) is 5.03. The first-order valence-corrected chi connectivity index (χ1v) is 6.85. The number of likely N-dealkylation sites (tertiary alicyclic amines) is 1. The van der Waals surface area contributed by atoms with E-state index in [4.69, 9.17) is 0 Å². The molecule has 0 aliphatic carbocycles. The van der Waals surface area contributed by atoms with Crippen LogP contribution in [0.25, 0.3) is 0 Å². The van der Waals surface area contributed by atoms with E-state index in [1.807, 2.05) is 0 Å². The van der Waals surface area contributed by atoms with Crippen molar-refractivity contribution in [2.75, 3.05) is 26.2 Å². The van der Waals surface area contributed by atoms with E-state index < -0.39 is 0 Å². The summed E-state index contributed by atoms with van der Waals surface area (Å²) >= 11 is 0. The molecule has 0 spiro atoms. The third-order valence-corrected chi connectivity index (χ3v) is 3.64. The van der Waals surface area contributed by atoms with Crippen LogP contribution in [0.3, 0.4) is 0 Å². The van der Waals surface area contributed by atoms with Crippen molar-refractivity contribution in [2.45, 2.75) is 32.2 Å². The van der Waals surface area contributed by atoms with Gasteiger partial charge in [0.05, 0.1) is 0 Å². The highest BCUT2D eigenvalue weighted by atomic mass is 15.2. The molecule has 1 aliphatic rings. The van der Waals surface area contributed by atoms with E-state index in [1.54, 1.807) is 0 Å². The Hall–Kier alpha value is -0.860. The number of rotatable bonds is 6. The Balaban J connectivity index is 1.59. The molecule has 2 rings (SSSR count). The molecule has 1 saturated heterocycles. The molecule has 0 aromatic heterocycles. The lowest BCUT2D eigenvalue weighted by molar-refractivity contribution is 0.252. The number of nitrogens with zero attached hydrogens (tertiary/aromatic N) is 1. The normalized spacial score (nSPS) is 18.4. The SMILES string of the molecule is CC(CNCCc1ccccc1)N1CCCC1. The second kappa shape index (κ2) is 6.77. The molecule has 0 saturated carbocycles. The number of benzene rings is 1. The minimum absolute atomic E-state index is 0.688. The van der Waals surface area contributed by atoms with Crippen molar-refractivity contribution in [2.24, 2.45) is 0 Å². The van der Waals surface area contributed by atoms with Gasteiger partial charge in [0.15, 0.2) is 0 Å². The minimum Gasteiger partial charge on any atom is -0.315 e. The third kappa shape index (κ3) is 4.14. The van der Waals surface area contributed by atoms with E-state index in [1.165, 1.54) is 31.5 Å². The van der Waals surface area contributed by atoms with Crippen molar-refractivity contribution in [3.8, 4) is 0 Å². The van der Waals surface area contributed by atoms with Crippen LogP contribution in [0.2, 0.25) is 0 Å². The molecule has 1 aliphatic heterocycles. The lowest BCUT2D eigenvalue weighted by Crippen LogP contribution is -2.39. The van der Waals surface area contributed by atoms with Crippen LogP contribution in [0.5, 0.6) is 0 Å². The fourth-order valence-electron chi connectivity index (χ4n) is 2.50. The molecule has 17 heavy (non-hydrogen) atoms. The van der Waals surface area contributed by atoms with Gasteiger partial charge in [0, 0.05) is 12.6 Å². The molecule has 1 fully saturated rings. The highest BCUT2D eigenvalue weighted by molar-refractivity contribution is 5.14. The smallest absolute Gasteiger partial charge is 0.0192 e. The van der Waals surface area contributed by atoms with Gasteiger partial charge >= 0.3 is 0 Å². The Bertz CT molecular complexity index is 304. The molecule has 94 valence electrons. The van der Waals surface area contributed by atoms with Crippen molar-refractivity contribution in [3.05, 3.63) is 35.9 Å². The van der Waals surface area contributed by atoms with Gasteiger partial charge in [-0.3, -0.25) is 4.90 Å². The van der Waals surface area contributed by atoms with Crippen LogP contribution in [0, 0.1) is 0 Å². The maximum absolute atomic E-state index is 3.57. The van der Waals surface area contributed by atoms with E-state index in [0.29, 0.717) is 6.04 Å². The molecular weight excluding hydrogens is 208 g/mol. The van der Waals surface area contributed by atoms with Crippen LogP contribution in [0.4, 0.5) is 0 Å². The molecule has 1 N–H and O–H groups in total. The van der Waals surface area contributed by atoms with E-state index in [2.05, 4.69) is 47.5 Å². The number of hydrogen-bond donors (Lipinski definition) is 1. The minimum atomic E-state index is 0.688. The zero-order valence-corrected chi connectivity index (χ0v) is 10.9. The Morgan fingerprint density at radius 3 is 2.59 bits per heavy atom. The number of nitrogens with one attached hydrogen (secondary N) is 1. The van der Waals surface area contributed by atoms with Gasteiger partial charge in [0.25, 0.3) is 0 Å². The standard InChI is InChI=1S/C15H24N2/c1-14(17-11-5-6-12-17)13-16-10-9-15-7-3-2-4-8-15/h2-4,7-8,14,16H,5-6,9-13H2,1H3. The van der Waals surface area contributed by atoms with Crippen LogP contribution < -0.4 is 5.32 Å². The van der Waals surface area contributed by atoms with Crippen molar-refractivity contribution in [1.82, 2.24) is 10.2 Å². The molecular formula is C15H24N2. The Labute approximate surface area is 105 Å². The summed E-state index contributed by atoms with van der Waals surface area (Å²) in [6, 6.07) is 11.4. The third-order valence-electron chi connectivity index (χ3n) is 3.64. The van der Waals surface area contributed by atoms with Gasteiger partial charge in [0.2, 0.25) is 0 Å². The lowest BCUT2D eigenvalue weighted by atomic mass is 10.1. The molecule has 1 heterocycles. The first-order chi connectivity index (χ1) is 8.36. The summed E-state index contributed by atoms with van der Waals surface area (Å²) in [4.78, 5) is 2.59. The average Bonchev–Trinajstić information content (AvgIpc) is 2.89. The van der Waals surface area contributed by atoms with Crippen molar-refractivity contribution in [1.29, 1.82) is 0 Å². The van der Waals surface area contributed by atoms with Crippen molar-refractivity contribution >= 4 is 0 Å². The molecule has 1 atom stereocenters. The summed E-state index contributed by atoms with van der Waals surface area (Å²) in [5, 5.41) is 3.57. The van der Waals surface area contributed by atoms with Gasteiger partial charge in [-0.1, -0.05) is 30.3 Å². The topological polar surface area (TPSA) is 15.3 Å². The number of hydrogen-bond acceptors (Lipinski definition) is 2. The zero-order valence-electron chi connectivity index (χ0n) is 10.9. The van der Waals surface area contributed by atoms with Gasteiger partial charge in [-0.05, 0) is 51.4 Å². The first-order valence-electron chi connectivity index (χ1n) is 6.85. The molecule has 1 unspecified atom stereocenters. The van der Waals surface area contributed by atoms with Crippen molar-refractivity contribution in [3.63, 3.8) is 0 Å². The van der Waals surface area contributed by atoms with Crippen LogP contribution in [0.1, 0.15) is 25.3 Å². The van der Waals surface area contributed by atoms with Gasteiger partial charge in [-0.2, -0.15) is 0 Å². The summed E-state index contributed by atoms with van der Waals surface area (Å²) in [7, 11) is 0. The summed E-state index contributed by atoms with van der Waals surface area (Å²) in [5.74, 6) is 0. The molecule has 1 aromatic carbocycles. The van der Waals surface area contributed by atoms with E-state index in [0.717, 1.165) is 19.5 Å². The average molecular weight is 232 g/mol. The van der Waals surface area contributed by atoms with Gasteiger partial charge < -0.3 is 5.32 Å². The fraction of sp³-hybridized carbons (Fsp3) is 0.600. The molecule has 2 nitrogen and oxygen atoms in total. The lowest BCUT2D eigenvalue weighted by Gasteiger charge is -2.23. The van der Waals surface area contributed by atoms with Crippen molar-refractivity contribution < 1.29 is 0 Å². The zero-order chi connectivity index (χ0) is 11.9. The predicted molar refractivity (Wildman–Crippen MR) is 73.3 cm³/mol. The summed E-state index contributed by atoms with van der Waals surface area (Å²) in [6.45, 7) is 7.12. The second-order valence-electron chi connectivity index (χ2n) is 5.03. The maximum atomic E-state index is 3.57. The Morgan fingerprint density at radius 1 is 1.18 bits per heavy atom. The summed E-state index contributed by atoms with van der Waals surface area (Å²) in [5.41, 5.74) is 1.42. The van der Waals surface area contributed by atoms with Crippen LogP contribution in [-0.4, -0.2) is 37.1 Å².